The Morgan fingerprint density at radius 2 is 0.812 bits per heavy atom. The number of benzene rings is 6. The van der Waals surface area contributed by atoms with Crippen molar-refractivity contribution in [1.29, 1.82) is 0 Å². The molecular formula is C52H32F3N7O2. The molecule has 12 rings (SSSR count). The van der Waals surface area contributed by atoms with E-state index in [0.29, 0.717) is 34.5 Å². The topological polar surface area (TPSA) is 84.8 Å². The molecule has 0 unspecified atom stereocenters. The Morgan fingerprint density at radius 1 is 0.391 bits per heavy atom. The molecular weight excluding hydrogens is 812 g/mol. The lowest BCUT2D eigenvalue weighted by Gasteiger charge is -2.12. The van der Waals surface area contributed by atoms with Gasteiger partial charge in [-0.05, 0) is 103 Å². The number of aryl methyl sites for hydroxylation is 1. The molecule has 0 saturated heterocycles. The van der Waals surface area contributed by atoms with Crippen LogP contribution in [0.5, 0.6) is 23.0 Å². The molecule has 0 saturated carbocycles. The van der Waals surface area contributed by atoms with Crippen molar-refractivity contribution < 1.29 is 22.6 Å². The smallest absolute Gasteiger partial charge is 0.416 e. The molecule has 6 aromatic heterocycles. The number of nitrogens with zero attached hydrogens (tertiary/aromatic N) is 7. The Bertz CT molecular complexity index is 3820. The average Bonchev–Trinajstić information content (AvgIpc) is 3.93. The monoisotopic (exact) mass is 843 g/mol. The summed E-state index contributed by atoms with van der Waals surface area (Å²) < 4.78 is 60.6. The summed E-state index contributed by atoms with van der Waals surface area (Å²) in [5.74, 6) is 3.76. The molecule has 0 fully saturated rings. The molecule has 0 aliphatic rings. The molecule has 64 heavy (non-hydrogen) atoms. The first-order valence-corrected chi connectivity index (χ1v) is 20.5. The van der Waals surface area contributed by atoms with Gasteiger partial charge < -0.3 is 9.47 Å². The average molecular weight is 844 g/mol. The molecule has 0 bridgehead atoms. The van der Waals surface area contributed by atoms with Crippen molar-refractivity contribution in [2.24, 2.45) is 0 Å². The van der Waals surface area contributed by atoms with Crippen molar-refractivity contribution in [1.82, 2.24) is 33.6 Å². The fourth-order valence-corrected chi connectivity index (χ4v) is 8.88. The van der Waals surface area contributed by atoms with E-state index >= 15 is 0 Å². The molecule has 0 amide bonds. The minimum atomic E-state index is -4.52. The molecule has 12 aromatic rings. The van der Waals surface area contributed by atoms with E-state index in [9.17, 15) is 13.2 Å². The lowest BCUT2D eigenvalue weighted by molar-refractivity contribution is -0.137. The third-order valence-corrected chi connectivity index (χ3v) is 11.7. The van der Waals surface area contributed by atoms with Gasteiger partial charge in [0.25, 0.3) is 0 Å². The molecule has 6 aromatic carbocycles. The highest BCUT2D eigenvalue weighted by Gasteiger charge is 2.31. The predicted molar refractivity (Wildman–Crippen MR) is 243 cm³/mol. The van der Waals surface area contributed by atoms with Gasteiger partial charge in [0.15, 0.2) is 0 Å². The molecule has 0 radical (unpaired) electrons. The maximum atomic E-state index is 13.8. The van der Waals surface area contributed by atoms with Gasteiger partial charge >= 0.3 is 6.18 Å². The van der Waals surface area contributed by atoms with Crippen LogP contribution in [-0.2, 0) is 6.18 Å². The standard InChI is InChI=1S/C52H32F3N7O2/c1-31-19-23-56-49(25-31)60-43-9-4-2-7-37(43)39-15-11-33(27-45(39)60)63-35-13-17-41-42-18-14-36(30-48(42)62(47(41)29-35)51-58-21-6-22-59-51)64-34-12-16-40-38-8-3-5-10-44(38)61(46(40)28-34)50-26-32(20-24-57-50)52(53,54)55/h2-30H,1H3. The van der Waals surface area contributed by atoms with Crippen LogP contribution in [0.2, 0.25) is 0 Å². The van der Waals surface area contributed by atoms with Crippen LogP contribution in [0.4, 0.5) is 13.2 Å². The van der Waals surface area contributed by atoms with E-state index in [2.05, 4.69) is 56.8 Å². The van der Waals surface area contributed by atoms with Gasteiger partial charge in [-0.25, -0.2) is 19.9 Å². The number of ether oxygens (including phenoxy) is 2. The summed E-state index contributed by atoms with van der Waals surface area (Å²) in [4.78, 5) is 18.4. The first-order chi connectivity index (χ1) is 31.2. The number of aromatic nitrogens is 7. The summed E-state index contributed by atoms with van der Waals surface area (Å²) in [6, 6.07) is 47.3. The van der Waals surface area contributed by atoms with Gasteiger partial charge in [0, 0.05) is 81.4 Å². The Hall–Kier alpha value is -8.51. The van der Waals surface area contributed by atoms with Crippen molar-refractivity contribution in [2.45, 2.75) is 13.1 Å². The molecule has 12 heteroatoms. The van der Waals surface area contributed by atoms with E-state index in [1.807, 2.05) is 114 Å². The number of hydrogen-bond acceptors (Lipinski definition) is 6. The molecule has 0 atom stereocenters. The van der Waals surface area contributed by atoms with Crippen LogP contribution >= 0.6 is 0 Å². The minimum absolute atomic E-state index is 0.151. The summed E-state index contributed by atoms with van der Waals surface area (Å²) in [5.41, 5.74) is 5.37. The predicted octanol–water partition coefficient (Wildman–Crippen LogP) is 13.5. The molecule has 9 nitrogen and oxygen atoms in total. The zero-order valence-corrected chi connectivity index (χ0v) is 33.8. The highest BCUT2D eigenvalue weighted by molar-refractivity contribution is 6.11. The number of halogens is 3. The van der Waals surface area contributed by atoms with E-state index in [0.717, 1.165) is 83.4 Å². The van der Waals surface area contributed by atoms with Gasteiger partial charge in [0.1, 0.15) is 34.6 Å². The highest BCUT2D eigenvalue weighted by atomic mass is 19.4. The first-order valence-electron chi connectivity index (χ1n) is 20.5. The van der Waals surface area contributed by atoms with E-state index in [-0.39, 0.29) is 5.82 Å². The minimum Gasteiger partial charge on any atom is -0.457 e. The summed E-state index contributed by atoms with van der Waals surface area (Å²) >= 11 is 0. The first kappa shape index (κ1) is 37.3. The lowest BCUT2D eigenvalue weighted by Crippen LogP contribution is -2.07. The van der Waals surface area contributed by atoms with Gasteiger partial charge in [-0.3, -0.25) is 13.7 Å². The van der Waals surface area contributed by atoms with E-state index in [1.165, 1.54) is 6.20 Å². The molecule has 0 aliphatic heterocycles. The summed E-state index contributed by atoms with van der Waals surface area (Å²) in [6.45, 7) is 2.06. The van der Waals surface area contributed by atoms with Crippen LogP contribution in [-0.4, -0.2) is 33.6 Å². The molecule has 0 spiro atoms. The second kappa shape index (κ2) is 14.3. The fraction of sp³-hybridized carbons (Fsp3) is 0.0385. The number of alkyl halides is 3. The molecule has 0 N–H and O–H groups in total. The number of pyridine rings is 2. The van der Waals surface area contributed by atoms with Crippen LogP contribution in [0.1, 0.15) is 11.1 Å². The van der Waals surface area contributed by atoms with Crippen LogP contribution in [0.15, 0.2) is 176 Å². The van der Waals surface area contributed by atoms with Gasteiger partial charge in [-0.1, -0.05) is 36.4 Å². The van der Waals surface area contributed by atoms with Crippen LogP contribution < -0.4 is 9.47 Å². The summed E-state index contributed by atoms with van der Waals surface area (Å²) in [6.07, 6.45) is 1.89. The highest BCUT2D eigenvalue weighted by Crippen LogP contribution is 2.41. The number of rotatable bonds is 7. The second-order valence-electron chi connectivity index (χ2n) is 15.6. The Kier molecular flexibility index (Phi) is 8.32. The Morgan fingerprint density at radius 3 is 1.28 bits per heavy atom. The van der Waals surface area contributed by atoms with Gasteiger partial charge in [-0.15, -0.1) is 0 Å². The Balaban J connectivity index is 0.947. The van der Waals surface area contributed by atoms with Crippen molar-refractivity contribution in [3.8, 4) is 40.6 Å². The fourth-order valence-electron chi connectivity index (χ4n) is 8.88. The van der Waals surface area contributed by atoms with Crippen LogP contribution in [0.3, 0.4) is 0 Å². The Labute approximate surface area is 361 Å². The zero-order valence-electron chi connectivity index (χ0n) is 33.8. The van der Waals surface area contributed by atoms with Gasteiger partial charge in [-0.2, -0.15) is 13.2 Å². The quantitative estimate of drug-likeness (QED) is 0.159. The van der Waals surface area contributed by atoms with Crippen molar-refractivity contribution in [2.75, 3.05) is 0 Å². The van der Waals surface area contributed by atoms with E-state index in [4.69, 9.17) is 14.5 Å². The van der Waals surface area contributed by atoms with Crippen molar-refractivity contribution in [3.63, 3.8) is 0 Å². The van der Waals surface area contributed by atoms with Crippen LogP contribution in [0.25, 0.3) is 83.0 Å². The summed E-state index contributed by atoms with van der Waals surface area (Å²) in [7, 11) is 0. The SMILES string of the molecule is Cc1ccnc(-n2c3ccccc3c3ccc(Oc4ccc5c6ccc(Oc7ccc8c9ccccc9n(-c9cc(C(F)(F)F)ccn9)c8c7)cc6n(-c6ncccn6)c5c4)cc32)c1. The third kappa shape index (κ3) is 6.10. The van der Waals surface area contributed by atoms with Crippen LogP contribution in [0, 0.1) is 6.92 Å². The molecule has 6 heterocycles. The van der Waals surface area contributed by atoms with E-state index in [1.54, 1.807) is 23.0 Å². The normalized spacial score (nSPS) is 12.1. The van der Waals surface area contributed by atoms with Crippen molar-refractivity contribution in [3.05, 3.63) is 188 Å². The molecule has 308 valence electrons. The zero-order chi connectivity index (χ0) is 43.1. The summed E-state index contributed by atoms with van der Waals surface area (Å²) in [5, 5.41) is 5.86. The molecule has 0 aliphatic carbocycles. The number of fused-ring (bicyclic) bond motifs is 9. The number of hydrogen-bond donors (Lipinski definition) is 0. The van der Waals surface area contributed by atoms with Gasteiger partial charge in [0.05, 0.1) is 38.7 Å². The number of para-hydroxylation sites is 2. The third-order valence-electron chi connectivity index (χ3n) is 11.7. The lowest BCUT2D eigenvalue weighted by atomic mass is 10.1. The van der Waals surface area contributed by atoms with Crippen molar-refractivity contribution >= 4 is 65.4 Å². The largest absolute Gasteiger partial charge is 0.457 e. The van der Waals surface area contributed by atoms with Gasteiger partial charge in [0.2, 0.25) is 5.95 Å². The van der Waals surface area contributed by atoms with E-state index < -0.39 is 11.7 Å². The second-order valence-corrected chi connectivity index (χ2v) is 15.6. The maximum Gasteiger partial charge on any atom is 0.416 e. The maximum absolute atomic E-state index is 13.8.